The summed E-state index contributed by atoms with van der Waals surface area (Å²) in [5.74, 6) is 0.712. The van der Waals surface area contributed by atoms with E-state index in [0.29, 0.717) is 25.2 Å². The van der Waals surface area contributed by atoms with Gasteiger partial charge in [0.15, 0.2) is 12.6 Å². The maximum absolute atomic E-state index is 11.8. The van der Waals surface area contributed by atoms with Crippen LogP contribution in [0.2, 0.25) is 0 Å². The molecular formula is C40H68O13. The zero-order chi connectivity index (χ0) is 38.7. The highest BCUT2D eigenvalue weighted by atomic mass is 16.7. The quantitative estimate of drug-likeness (QED) is 0.143. The van der Waals surface area contributed by atoms with Crippen molar-refractivity contribution in [3.63, 3.8) is 0 Å². The van der Waals surface area contributed by atoms with Crippen LogP contribution < -0.4 is 0 Å². The van der Waals surface area contributed by atoms with Crippen LogP contribution in [0, 0.1) is 50.7 Å². The van der Waals surface area contributed by atoms with Crippen LogP contribution in [0.4, 0.5) is 0 Å². The Bertz CT molecular complexity index is 1330. The molecule has 13 nitrogen and oxygen atoms in total. The van der Waals surface area contributed by atoms with Gasteiger partial charge < -0.3 is 64.9 Å². The second-order valence-electron chi connectivity index (χ2n) is 20.0. The molecule has 9 N–H and O–H groups in total. The van der Waals surface area contributed by atoms with Crippen molar-refractivity contribution in [2.75, 3.05) is 19.8 Å². The van der Waals surface area contributed by atoms with Crippen molar-refractivity contribution in [1.29, 1.82) is 0 Å². The van der Waals surface area contributed by atoms with Crippen LogP contribution in [0.25, 0.3) is 0 Å². The molecule has 19 unspecified atom stereocenters. The summed E-state index contributed by atoms with van der Waals surface area (Å²) in [5, 5.41) is 96.4. The predicted molar refractivity (Wildman–Crippen MR) is 190 cm³/mol. The van der Waals surface area contributed by atoms with Gasteiger partial charge in [-0.2, -0.15) is 0 Å². The van der Waals surface area contributed by atoms with Crippen molar-refractivity contribution in [3.05, 3.63) is 0 Å². The lowest BCUT2D eigenvalue weighted by molar-refractivity contribution is -0.355. The molecule has 2 saturated heterocycles. The molecule has 13 heteroatoms. The molecule has 0 aromatic rings. The molecule has 0 amide bonds. The van der Waals surface area contributed by atoms with Crippen LogP contribution in [0.5, 0.6) is 0 Å². The first kappa shape index (κ1) is 40.7. The van der Waals surface area contributed by atoms with Crippen LogP contribution in [0.15, 0.2) is 0 Å². The monoisotopic (exact) mass is 756 g/mol. The molecule has 2 heterocycles. The third-order valence-electron chi connectivity index (χ3n) is 16.9. The standard InChI is InChI=1S/C40H68O13/c1-20(7-10-26(45)36(4,5)49)28-21(42)15-40(19-41)25-9-8-24-35(2,3)27(11-12-38(24)18-39(25,38)14-13-37(28,40)6)52-34-32(30(47)23(44)17-51-34)53-33-31(48)29(46)22(43)16-50-33/h20-34,41-49H,7-19H2,1-6H3. The van der Waals surface area contributed by atoms with E-state index in [-0.39, 0.29) is 65.3 Å². The Kier molecular flexibility index (Phi) is 10.6. The number of hydrogen-bond donors (Lipinski definition) is 9. The highest BCUT2D eigenvalue weighted by Crippen LogP contribution is 2.89. The van der Waals surface area contributed by atoms with Gasteiger partial charge >= 0.3 is 0 Å². The first-order chi connectivity index (χ1) is 24.7. The Balaban J connectivity index is 1.08. The molecule has 5 saturated carbocycles. The molecule has 2 aliphatic heterocycles. The average molecular weight is 757 g/mol. The maximum atomic E-state index is 11.8. The maximum Gasteiger partial charge on any atom is 0.186 e. The van der Waals surface area contributed by atoms with E-state index in [0.717, 1.165) is 44.9 Å². The van der Waals surface area contributed by atoms with Gasteiger partial charge in [0.05, 0.1) is 37.1 Å². The lowest BCUT2D eigenvalue weighted by atomic mass is 9.41. The van der Waals surface area contributed by atoms with E-state index in [9.17, 15) is 46.0 Å². The summed E-state index contributed by atoms with van der Waals surface area (Å²) in [6, 6.07) is 0. The van der Waals surface area contributed by atoms with Gasteiger partial charge in [-0.1, -0.05) is 27.7 Å². The summed E-state index contributed by atoms with van der Waals surface area (Å²) in [6.45, 7) is 11.8. The van der Waals surface area contributed by atoms with Crippen LogP contribution in [0.3, 0.4) is 0 Å². The molecule has 7 aliphatic rings. The number of hydrogen-bond acceptors (Lipinski definition) is 13. The van der Waals surface area contributed by atoms with Crippen molar-refractivity contribution in [2.45, 2.75) is 179 Å². The van der Waals surface area contributed by atoms with Gasteiger partial charge in [-0.05, 0) is 123 Å². The predicted octanol–water partition coefficient (Wildman–Crippen LogP) is 1.20. The number of rotatable bonds is 10. The second kappa shape index (κ2) is 13.8. The van der Waals surface area contributed by atoms with E-state index in [1.54, 1.807) is 13.8 Å². The van der Waals surface area contributed by atoms with Crippen LogP contribution >= 0.6 is 0 Å². The third kappa shape index (κ3) is 6.04. The van der Waals surface area contributed by atoms with Crippen LogP contribution in [-0.4, -0.2) is 139 Å². The highest BCUT2D eigenvalue weighted by Gasteiger charge is 2.83. The number of fused-ring (bicyclic) bond motifs is 2. The van der Waals surface area contributed by atoms with E-state index in [4.69, 9.17) is 18.9 Å². The Morgan fingerprint density at radius 3 is 2.04 bits per heavy atom. The molecule has 0 bridgehead atoms. The van der Waals surface area contributed by atoms with Crippen LogP contribution in [0.1, 0.15) is 106 Å². The Morgan fingerprint density at radius 2 is 1.38 bits per heavy atom. The van der Waals surface area contributed by atoms with Crippen LogP contribution in [-0.2, 0) is 18.9 Å². The summed E-state index contributed by atoms with van der Waals surface area (Å²) in [7, 11) is 0. The Labute approximate surface area is 314 Å². The first-order valence-corrected chi connectivity index (χ1v) is 20.3. The summed E-state index contributed by atoms with van der Waals surface area (Å²) in [6.07, 6.45) is -3.98. The lowest BCUT2D eigenvalue weighted by Gasteiger charge is -2.64. The van der Waals surface area contributed by atoms with Gasteiger partial charge in [0, 0.05) is 12.0 Å². The first-order valence-electron chi connectivity index (χ1n) is 20.3. The Hall–Kier alpha value is -0.520. The fraction of sp³-hybridized carbons (Fsp3) is 1.00. The Morgan fingerprint density at radius 1 is 0.755 bits per heavy atom. The lowest BCUT2D eigenvalue weighted by Crippen LogP contribution is -2.62. The van der Waals surface area contributed by atoms with Crippen molar-refractivity contribution < 1.29 is 64.9 Å². The van der Waals surface area contributed by atoms with Gasteiger partial charge in [0.25, 0.3) is 0 Å². The number of ether oxygens (including phenoxy) is 4. The summed E-state index contributed by atoms with van der Waals surface area (Å²) >= 11 is 0. The van der Waals surface area contributed by atoms with Crippen molar-refractivity contribution in [3.8, 4) is 0 Å². The topological polar surface area (TPSA) is 219 Å². The zero-order valence-corrected chi connectivity index (χ0v) is 32.5. The minimum Gasteiger partial charge on any atom is -0.396 e. The van der Waals surface area contributed by atoms with E-state index < -0.39 is 72.4 Å². The number of aliphatic hydroxyl groups excluding tert-OH is 8. The second-order valence-corrected chi connectivity index (χ2v) is 20.0. The van der Waals surface area contributed by atoms with Crippen molar-refractivity contribution >= 4 is 0 Å². The van der Waals surface area contributed by atoms with E-state index in [1.807, 2.05) is 0 Å². The zero-order valence-electron chi connectivity index (χ0n) is 32.5. The van der Waals surface area contributed by atoms with Gasteiger partial charge in [0.2, 0.25) is 0 Å². The molecular weight excluding hydrogens is 688 g/mol. The minimum atomic E-state index is -1.58. The van der Waals surface area contributed by atoms with Gasteiger partial charge in [-0.3, -0.25) is 0 Å². The molecule has 19 atom stereocenters. The summed E-state index contributed by atoms with van der Waals surface area (Å²) in [5.41, 5.74) is -1.99. The van der Waals surface area contributed by atoms with E-state index in [2.05, 4.69) is 27.7 Å². The highest BCUT2D eigenvalue weighted by molar-refractivity contribution is 5.31. The third-order valence-corrected chi connectivity index (χ3v) is 16.9. The van der Waals surface area contributed by atoms with Crippen molar-refractivity contribution in [1.82, 2.24) is 0 Å². The van der Waals surface area contributed by atoms with Gasteiger partial charge in [-0.25, -0.2) is 0 Å². The normalized spacial score (nSPS) is 53.2. The SMILES string of the molecule is CC(CCC(O)C(C)(C)O)C1C(O)CC2(CO)C3CCC4C(C)(C)C(OC5OCC(O)C(O)C5OC5OCC(O)C(O)C5O)CCC45CC35CCC12C. The molecule has 2 spiro atoms. The molecule has 53 heavy (non-hydrogen) atoms. The van der Waals surface area contributed by atoms with Gasteiger partial charge in [0.1, 0.15) is 36.6 Å². The fourth-order valence-electron chi connectivity index (χ4n) is 14.0. The van der Waals surface area contributed by atoms with Crippen molar-refractivity contribution in [2.24, 2.45) is 50.7 Å². The fourth-order valence-corrected chi connectivity index (χ4v) is 14.0. The summed E-state index contributed by atoms with van der Waals surface area (Å²) < 4.78 is 24.1. The van der Waals surface area contributed by atoms with E-state index >= 15 is 0 Å². The summed E-state index contributed by atoms with van der Waals surface area (Å²) in [4.78, 5) is 0. The van der Waals surface area contributed by atoms with Gasteiger partial charge in [-0.15, -0.1) is 0 Å². The molecule has 306 valence electrons. The molecule has 0 aromatic heterocycles. The largest absolute Gasteiger partial charge is 0.396 e. The van der Waals surface area contributed by atoms with E-state index in [1.165, 1.54) is 0 Å². The molecule has 7 rings (SSSR count). The minimum absolute atomic E-state index is 0.0120. The molecule has 0 radical (unpaired) electrons. The molecule has 0 aromatic carbocycles. The molecule has 7 fully saturated rings. The molecule has 5 aliphatic carbocycles. The smallest absolute Gasteiger partial charge is 0.186 e. The average Bonchev–Trinajstić information content (AvgIpc) is 3.69. The number of aliphatic hydroxyl groups is 9.